The summed E-state index contributed by atoms with van der Waals surface area (Å²) in [5.41, 5.74) is 2.26. The third-order valence-electron chi connectivity index (χ3n) is 2.25. The molecule has 0 unspecified atom stereocenters. The van der Waals surface area contributed by atoms with Crippen LogP contribution in [0, 0.1) is 11.3 Å². The molecule has 88 valence electrons. The van der Waals surface area contributed by atoms with E-state index in [4.69, 9.17) is 5.26 Å². The first-order chi connectivity index (χ1) is 8.78. The summed E-state index contributed by atoms with van der Waals surface area (Å²) in [5.74, 6) is -0.189. The van der Waals surface area contributed by atoms with E-state index < -0.39 is 0 Å². The Morgan fingerprint density at radius 3 is 2.67 bits per heavy atom. The van der Waals surface area contributed by atoms with Crippen LogP contribution < -0.4 is 5.32 Å². The highest BCUT2D eigenvalue weighted by Gasteiger charge is 1.98. The minimum Gasteiger partial charge on any atom is -0.323 e. The normalized spacial score (nSPS) is 10.2. The number of nitrogens with one attached hydrogen (secondary N) is 1. The van der Waals surface area contributed by atoms with Gasteiger partial charge in [-0.05, 0) is 52.7 Å². The molecule has 3 nitrogen and oxygen atoms in total. The zero-order chi connectivity index (χ0) is 12.8. The molecule has 1 heterocycles. The number of carbonyl (C=O) groups excluding carboxylic acids is 1. The lowest BCUT2D eigenvalue weighted by Crippen LogP contribution is -2.07. The van der Waals surface area contributed by atoms with Gasteiger partial charge >= 0.3 is 0 Å². The van der Waals surface area contributed by atoms with Gasteiger partial charge in [-0.25, -0.2) is 0 Å². The molecule has 0 fully saturated rings. The molecule has 0 atom stereocenters. The molecule has 0 aliphatic heterocycles. The standard InChI is InChI=1S/C14H10N2OS/c15-9-11-1-4-13(5-2-11)16-14(17)6-3-12-7-8-18-10-12/h1-8,10H,(H,16,17)/b6-3+. The average Bonchev–Trinajstić information content (AvgIpc) is 2.90. The maximum atomic E-state index is 11.6. The minimum absolute atomic E-state index is 0.189. The zero-order valence-corrected chi connectivity index (χ0v) is 10.3. The van der Waals surface area contributed by atoms with Crippen molar-refractivity contribution >= 4 is 29.0 Å². The predicted octanol–water partition coefficient (Wildman–Crippen LogP) is 3.27. The van der Waals surface area contributed by atoms with E-state index in [1.54, 1.807) is 41.7 Å². The lowest BCUT2D eigenvalue weighted by Gasteiger charge is -2.01. The van der Waals surface area contributed by atoms with E-state index in [1.807, 2.05) is 22.9 Å². The predicted molar refractivity (Wildman–Crippen MR) is 73.1 cm³/mol. The molecule has 0 saturated carbocycles. The van der Waals surface area contributed by atoms with E-state index >= 15 is 0 Å². The number of rotatable bonds is 3. The summed E-state index contributed by atoms with van der Waals surface area (Å²) < 4.78 is 0. The van der Waals surface area contributed by atoms with E-state index in [-0.39, 0.29) is 5.91 Å². The highest BCUT2D eigenvalue weighted by Crippen LogP contribution is 2.10. The van der Waals surface area contributed by atoms with Crippen molar-refractivity contribution in [1.29, 1.82) is 5.26 Å². The Morgan fingerprint density at radius 2 is 2.06 bits per heavy atom. The maximum absolute atomic E-state index is 11.6. The number of hydrogen-bond donors (Lipinski definition) is 1. The molecule has 0 aliphatic carbocycles. The van der Waals surface area contributed by atoms with Crippen molar-refractivity contribution in [2.24, 2.45) is 0 Å². The van der Waals surface area contributed by atoms with Crippen LogP contribution in [0.4, 0.5) is 5.69 Å². The number of hydrogen-bond acceptors (Lipinski definition) is 3. The Balaban J connectivity index is 1.97. The van der Waals surface area contributed by atoms with Gasteiger partial charge in [-0.3, -0.25) is 4.79 Å². The van der Waals surface area contributed by atoms with Gasteiger partial charge in [-0.2, -0.15) is 16.6 Å². The van der Waals surface area contributed by atoms with Crippen molar-refractivity contribution in [3.63, 3.8) is 0 Å². The number of nitriles is 1. The Bertz CT molecular complexity index is 592. The van der Waals surface area contributed by atoms with Crippen molar-refractivity contribution in [2.75, 3.05) is 5.32 Å². The summed E-state index contributed by atoms with van der Waals surface area (Å²) in [6.45, 7) is 0. The Morgan fingerprint density at radius 1 is 1.28 bits per heavy atom. The van der Waals surface area contributed by atoms with Crippen LogP contribution in [0.5, 0.6) is 0 Å². The highest BCUT2D eigenvalue weighted by atomic mass is 32.1. The molecular formula is C14H10N2OS. The van der Waals surface area contributed by atoms with Crippen LogP contribution in [-0.4, -0.2) is 5.91 Å². The van der Waals surface area contributed by atoms with Crippen LogP contribution >= 0.6 is 11.3 Å². The van der Waals surface area contributed by atoms with Crippen molar-refractivity contribution in [3.05, 3.63) is 58.3 Å². The van der Waals surface area contributed by atoms with Gasteiger partial charge in [0.05, 0.1) is 11.6 Å². The fourth-order valence-corrected chi connectivity index (χ4v) is 1.98. The highest BCUT2D eigenvalue weighted by molar-refractivity contribution is 7.08. The first kappa shape index (κ1) is 12.1. The summed E-state index contributed by atoms with van der Waals surface area (Å²) in [6, 6.07) is 10.7. The number of benzene rings is 1. The summed E-state index contributed by atoms with van der Waals surface area (Å²) in [6.07, 6.45) is 3.25. The van der Waals surface area contributed by atoms with Crippen LogP contribution in [0.1, 0.15) is 11.1 Å². The van der Waals surface area contributed by atoms with E-state index in [1.165, 1.54) is 6.08 Å². The third-order valence-corrected chi connectivity index (χ3v) is 2.95. The van der Waals surface area contributed by atoms with E-state index in [2.05, 4.69) is 5.32 Å². The lowest BCUT2D eigenvalue weighted by molar-refractivity contribution is -0.111. The van der Waals surface area contributed by atoms with Gasteiger partial charge in [0.25, 0.3) is 0 Å². The molecule has 2 rings (SSSR count). The van der Waals surface area contributed by atoms with Crippen molar-refractivity contribution in [1.82, 2.24) is 0 Å². The quantitative estimate of drug-likeness (QED) is 0.855. The molecule has 0 spiro atoms. The smallest absolute Gasteiger partial charge is 0.248 e. The number of anilines is 1. The summed E-state index contributed by atoms with van der Waals surface area (Å²) in [7, 11) is 0. The molecule has 0 saturated heterocycles. The molecule has 1 amide bonds. The average molecular weight is 254 g/mol. The molecule has 4 heteroatoms. The number of carbonyl (C=O) groups is 1. The summed E-state index contributed by atoms with van der Waals surface area (Å²) in [4.78, 5) is 11.6. The largest absolute Gasteiger partial charge is 0.323 e. The van der Waals surface area contributed by atoms with Gasteiger partial charge in [-0.1, -0.05) is 0 Å². The van der Waals surface area contributed by atoms with Gasteiger partial charge in [0.1, 0.15) is 0 Å². The van der Waals surface area contributed by atoms with Crippen molar-refractivity contribution < 1.29 is 4.79 Å². The Labute approximate surface area is 109 Å². The van der Waals surface area contributed by atoms with E-state index in [0.29, 0.717) is 11.3 Å². The maximum Gasteiger partial charge on any atom is 0.248 e. The van der Waals surface area contributed by atoms with Crippen LogP contribution in [0.2, 0.25) is 0 Å². The van der Waals surface area contributed by atoms with Gasteiger partial charge in [0.15, 0.2) is 0 Å². The van der Waals surface area contributed by atoms with E-state index in [9.17, 15) is 4.79 Å². The van der Waals surface area contributed by atoms with Crippen molar-refractivity contribution in [3.8, 4) is 6.07 Å². The third kappa shape index (κ3) is 3.30. The molecule has 18 heavy (non-hydrogen) atoms. The van der Waals surface area contributed by atoms with Gasteiger partial charge in [0, 0.05) is 11.8 Å². The van der Waals surface area contributed by atoms with Crippen LogP contribution in [-0.2, 0) is 4.79 Å². The molecule has 1 aromatic carbocycles. The minimum atomic E-state index is -0.189. The molecule has 1 N–H and O–H groups in total. The molecule has 1 aromatic heterocycles. The Hall–Kier alpha value is -2.38. The summed E-state index contributed by atoms with van der Waals surface area (Å²) >= 11 is 1.59. The van der Waals surface area contributed by atoms with E-state index in [0.717, 1.165) is 5.56 Å². The van der Waals surface area contributed by atoms with Crippen LogP contribution in [0.3, 0.4) is 0 Å². The molecular weight excluding hydrogens is 244 g/mol. The SMILES string of the molecule is N#Cc1ccc(NC(=O)/C=C/c2ccsc2)cc1. The molecule has 0 radical (unpaired) electrons. The molecule has 0 bridgehead atoms. The van der Waals surface area contributed by atoms with Crippen LogP contribution in [0.25, 0.3) is 6.08 Å². The second-order valence-corrected chi connectivity index (χ2v) is 4.35. The van der Waals surface area contributed by atoms with Gasteiger partial charge < -0.3 is 5.32 Å². The van der Waals surface area contributed by atoms with Crippen LogP contribution in [0.15, 0.2) is 47.2 Å². The lowest BCUT2D eigenvalue weighted by atomic mass is 10.2. The fraction of sp³-hybridized carbons (Fsp3) is 0. The Kier molecular flexibility index (Phi) is 3.90. The second kappa shape index (κ2) is 5.80. The van der Waals surface area contributed by atoms with Crippen molar-refractivity contribution in [2.45, 2.75) is 0 Å². The first-order valence-corrected chi connectivity index (χ1v) is 6.23. The monoisotopic (exact) mass is 254 g/mol. The fourth-order valence-electron chi connectivity index (χ4n) is 1.35. The van der Waals surface area contributed by atoms with Gasteiger partial charge in [0.2, 0.25) is 5.91 Å². The first-order valence-electron chi connectivity index (χ1n) is 5.29. The summed E-state index contributed by atoms with van der Waals surface area (Å²) in [5, 5.41) is 15.3. The molecule has 2 aromatic rings. The second-order valence-electron chi connectivity index (χ2n) is 3.57. The van der Waals surface area contributed by atoms with Gasteiger partial charge in [-0.15, -0.1) is 0 Å². The zero-order valence-electron chi connectivity index (χ0n) is 9.46. The number of amides is 1. The topological polar surface area (TPSA) is 52.9 Å². The number of nitrogens with zero attached hydrogens (tertiary/aromatic N) is 1. The number of thiophene rings is 1. The molecule has 0 aliphatic rings.